The highest BCUT2D eigenvalue weighted by molar-refractivity contribution is 6.01. The smallest absolute Gasteiger partial charge is 0.272 e. The molecule has 1 atom stereocenters. The normalized spacial score (nSPS) is 16.7. The molecular weight excluding hydrogens is 376 g/mol. The Labute approximate surface area is 176 Å². The molecule has 1 fully saturated rings. The molecule has 0 saturated carbocycles. The van der Waals surface area contributed by atoms with Crippen molar-refractivity contribution in [3.05, 3.63) is 72.6 Å². The zero-order chi connectivity index (χ0) is 20.9. The van der Waals surface area contributed by atoms with Crippen molar-refractivity contribution in [3.8, 4) is 11.1 Å². The highest BCUT2D eigenvalue weighted by Crippen LogP contribution is 2.28. The van der Waals surface area contributed by atoms with Crippen molar-refractivity contribution < 1.29 is 9.59 Å². The average molecular weight is 402 g/mol. The number of carbonyl (C=O) groups is 2. The van der Waals surface area contributed by atoms with Crippen LogP contribution in [-0.4, -0.2) is 46.0 Å². The van der Waals surface area contributed by atoms with Gasteiger partial charge in [-0.3, -0.25) is 14.7 Å². The van der Waals surface area contributed by atoms with Gasteiger partial charge in [-0.05, 0) is 35.7 Å². The van der Waals surface area contributed by atoms with Crippen LogP contribution in [0.2, 0.25) is 0 Å². The number of nitrogens with one attached hydrogen (secondary N) is 1. The van der Waals surface area contributed by atoms with Crippen LogP contribution in [-0.2, 0) is 4.79 Å². The number of piperazine rings is 1. The van der Waals surface area contributed by atoms with E-state index in [4.69, 9.17) is 0 Å². The van der Waals surface area contributed by atoms with Crippen molar-refractivity contribution in [1.82, 2.24) is 15.1 Å². The van der Waals surface area contributed by atoms with Gasteiger partial charge in [0.15, 0.2) is 0 Å². The molecule has 3 aromatic rings. The van der Waals surface area contributed by atoms with Gasteiger partial charge in [0.05, 0.1) is 6.04 Å². The molecule has 0 bridgehead atoms. The van der Waals surface area contributed by atoms with Gasteiger partial charge in [0, 0.05) is 18.4 Å². The van der Waals surface area contributed by atoms with E-state index in [9.17, 15) is 9.59 Å². The zero-order valence-corrected chi connectivity index (χ0v) is 17.1. The molecule has 0 radical (unpaired) electrons. The Bertz CT molecular complexity index is 1000. The van der Waals surface area contributed by atoms with Gasteiger partial charge in [-0.1, -0.05) is 62.2 Å². The van der Waals surface area contributed by atoms with Crippen LogP contribution < -0.4 is 4.90 Å². The maximum Gasteiger partial charge on any atom is 0.272 e. The fourth-order valence-corrected chi connectivity index (χ4v) is 3.96. The molecule has 0 aliphatic carbocycles. The highest BCUT2D eigenvalue weighted by atomic mass is 16.2. The maximum atomic E-state index is 13.1. The first-order valence-electron chi connectivity index (χ1n) is 10.4. The number of rotatable bonds is 6. The minimum Gasteiger partial charge on any atom is -0.323 e. The Morgan fingerprint density at radius 1 is 1.10 bits per heavy atom. The minimum atomic E-state index is -0.167. The summed E-state index contributed by atoms with van der Waals surface area (Å²) in [6.07, 6.45) is 4.46. The lowest BCUT2D eigenvalue weighted by Gasteiger charge is -2.41. The van der Waals surface area contributed by atoms with Gasteiger partial charge in [0.25, 0.3) is 5.91 Å². The second-order valence-electron chi connectivity index (χ2n) is 7.62. The van der Waals surface area contributed by atoms with Crippen LogP contribution in [0.25, 0.3) is 11.1 Å². The summed E-state index contributed by atoms with van der Waals surface area (Å²) in [5, 5.41) is 6.61. The molecule has 2 heterocycles. The molecule has 2 aromatic carbocycles. The maximum absolute atomic E-state index is 13.1. The summed E-state index contributed by atoms with van der Waals surface area (Å²) in [4.78, 5) is 29.5. The standard InChI is InChI=1S/C24H26N4O2/c1-2-3-11-21-16-27(23(29)17-28(21)24(30)22-13-14-25-26-22)20-12-7-10-19(15-20)18-8-5-4-6-9-18/h4-10,12-15,21H,2-3,11,16-17H2,1H3,(H,25,26)/t21-/m0/s1. The Balaban J connectivity index is 1.60. The number of nitrogens with zero attached hydrogens (tertiary/aromatic N) is 3. The zero-order valence-electron chi connectivity index (χ0n) is 17.1. The molecule has 30 heavy (non-hydrogen) atoms. The molecule has 6 nitrogen and oxygen atoms in total. The van der Waals surface area contributed by atoms with Crippen molar-refractivity contribution in [3.63, 3.8) is 0 Å². The summed E-state index contributed by atoms with van der Waals surface area (Å²) >= 11 is 0. The van der Waals surface area contributed by atoms with Crippen LogP contribution >= 0.6 is 0 Å². The molecule has 1 saturated heterocycles. The first kappa shape index (κ1) is 19.9. The van der Waals surface area contributed by atoms with E-state index in [0.717, 1.165) is 36.1 Å². The first-order chi connectivity index (χ1) is 14.7. The number of amides is 2. The fraction of sp³-hybridized carbons (Fsp3) is 0.292. The molecule has 1 aliphatic heterocycles. The molecular formula is C24H26N4O2. The van der Waals surface area contributed by atoms with E-state index >= 15 is 0 Å². The van der Waals surface area contributed by atoms with Gasteiger partial charge < -0.3 is 9.80 Å². The van der Waals surface area contributed by atoms with Crippen LogP contribution in [0, 0.1) is 0 Å². The van der Waals surface area contributed by atoms with E-state index in [1.54, 1.807) is 17.2 Å². The van der Waals surface area contributed by atoms with Gasteiger partial charge in [-0.25, -0.2) is 0 Å². The van der Waals surface area contributed by atoms with E-state index < -0.39 is 0 Å². The topological polar surface area (TPSA) is 69.3 Å². The molecule has 4 rings (SSSR count). The second kappa shape index (κ2) is 8.95. The fourth-order valence-electron chi connectivity index (χ4n) is 3.96. The third kappa shape index (κ3) is 4.13. The number of aromatic nitrogens is 2. The predicted molar refractivity (Wildman–Crippen MR) is 117 cm³/mol. The van der Waals surface area contributed by atoms with Crippen molar-refractivity contribution in [2.75, 3.05) is 18.0 Å². The summed E-state index contributed by atoms with van der Waals surface area (Å²) in [6.45, 7) is 2.70. The number of unbranched alkanes of at least 4 members (excludes halogenated alkanes) is 1. The lowest BCUT2D eigenvalue weighted by Crippen LogP contribution is -2.58. The number of hydrogen-bond acceptors (Lipinski definition) is 3. The second-order valence-corrected chi connectivity index (χ2v) is 7.62. The van der Waals surface area contributed by atoms with E-state index in [-0.39, 0.29) is 24.4 Å². The largest absolute Gasteiger partial charge is 0.323 e. The molecule has 1 N–H and O–H groups in total. The molecule has 2 amide bonds. The van der Waals surface area contributed by atoms with E-state index in [1.165, 1.54) is 0 Å². The summed E-state index contributed by atoms with van der Waals surface area (Å²) < 4.78 is 0. The molecule has 0 spiro atoms. The lowest BCUT2D eigenvalue weighted by atomic mass is 10.0. The lowest BCUT2D eigenvalue weighted by molar-refractivity contribution is -0.121. The average Bonchev–Trinajstić information content (AvgIpc) is 3.33. The Hall–Kier alpha value is -3.41. The summed E-state index contributed by atoms with van der Waals surface area (Å²) in [7, 11) is 0. The molecule has 1 aromatic heterocycles. The SMILES string of the molecule is CCCC[C@H]1CN(c2cccc(-c3ccccc3)c2)C(=O)CN1C(=O)c1ccn[nH]1. The van der Waals surface area contributed by atoms with Crippen molar-refractivity contribution in [2.24, 2.45) is 0 Å². The summed E-state index contributed by atoms with van der Waals surface area (Å²) in [5.41, 5.74) is 3.48. The van der Waals surface area contributed by atoms with E-state index in [2.05, 4.69) is 41.4 Å². The highest BCUT2D eigenvalue weighted by Gasteiger charge is 2.36. The van der Waals surface area contributed by atoms with E-state index in [0.29, 0.717) is 12.2 Å². The number of hydrogen-bond donors (Lipinski definition) is 1. The summed E-state index contributed by atoms with van der Waals surface area (Å²) in [6, 6.07) is 19.8. The van der Waals surface area contributed by atoms with Gasteiger partial charge in [0.2, 0.25) is 5.91 Å². The third-order valence-corrected chi connectivity index (χ3v) is 5.59. The van der Waals surface area contributed by atoms with E-state index in [1.807, 2.05) is 35.2 Å². The Morgan fingerprint density at radius 2 is 1.90 bits per heavy atom. The molecule has 0 unspecified atom stereocenters. The van der Waals surface area contributed by atoms with Crippen LogP contribution in [0.5, 0.6) is 0 Å². The summed E-state index contributed by atoms with van der Waals surface area (Å²) in [5.74, 6) is -0.236. The Morgan fingerprint density at radius 3 is 2.63 bits per heavy atom. The Kier molecular flexibility index (Phi) is 5.93. The van der Waals surface area contributed by atoms with Gasteiger partial charge >= 0.3 is 0 Å². The van der Waals surface area contributed by atoms with Crippen molar-refractivity contribution in [1.29, 1.82) is 0 Å². The van der Waals surface area contributed by atoms with Crippen LogP contribution in [0.1, 0.15) is 36.7 Å². The number of H-pyrrole nitrogens is 1. The predicted octanol–water partition coefficient (Wildman–Crippen LogP) is 4.12. The first-order valence-corrected chi connectivity index (χ1v) is 10.4. The third-order valence-electron chi connectivity index (χ3n) is 5.59. The van der Waals surface area contributed by atoms with Crippen molar-refractivity contribution >= 4 is 17.5 Å². The molecule has 154 valence electrons. The quantitative estimate of drug-likeness (QED) is 0.674. The van der Waals surface area contributed by atoms with Crippen molar-refractivity contribution in [2.45, 2.75) is 32.2 Å². The van der Waals surface area contributed by atoms with Crippen LogP contribution in [0.3, 0.4) is 0 Å². The number of benzene rings is 2. The van der Waals surface area contributed by atoms with Gasteiger partial charge in [-0.2, -0.15) is 5.10 Å². The number of anilines is 1. The monoisotopic (exact) mass is 402 g/mol. The van der Waals surface area contributed by atoms with Crippen LogP contribution in [0.4, 0.5) is 5.69 Å². The number of carbonyl (C=O) groups excluding carboxylic acids is 2. The van der Waals surface area contributed by atoms with Gasteiger partial charge in [-0.15, -0.1) is 0 Å². The molecule has 1 aliphatic rings. The van der Waals surface area contributed by atoms with Crippen LogP contribution in [0.15, 0.2) is 66.9 Å². The molecule has 6 heteroatoms. The van der Waals surface area contributed by atoms with Gasteiger partial charge in [0.1, 0.15) is 12.2 Å². The minimum absolute atomic E-state index is 0.0289. The number of aromatic amines is 1.